The number of nitrogens with two attached hydrogens (primary N) is 1. The molecule has 0 aliphatic rings. The number of nitrogens with one attached hydrogen (secondary N) is 1. The van der Waals surface area contributed by atoms with Gasteiger partial charge in [-0.05, 0) is 29.5 Å². The first-order valence-corrected chi connectivity index (χ1v) is 9.69. The molecule has 6 heteroatoms. The molecule has 0 atom stereocenters. The second-order valence-electron chi connectivity index (χ2n) is 6.64. The van der Waals surface area contributed by atoms with Crippen molar-refractivity contribution in [3.05, 3.63) is 29.8 Å². The summed E-state index contributed by atoms with van der Waals surface area (Å²) in [4.78, 5) is 4.47. The van der Waals surface area contributed by atoms with Crippen molar-refractivity contribution in [3.8, 4) is 0 Å². The van der Waals surface area contributed by atoms with Gasteiger partial charge in [-0.3, -0.25) is 4.99 Å². The molecule has 0 saturated carbocycles. The number of nitrogens with zero attached hydrogens (tertiary/aromatic N) is 1. The van der Waals surface area contributed by atoms with Crippen molar-refractivity contribution < 1.29 is 8.42 Å². The van der Waals surface area contributed by atoms with Gasteiger partial charge in [-0.1, -0.05) is 46.2 Å². The van der Waals surface area contributed by atoms with Gasteiger partial charge in [0.15, 0.2) is 15.8 Å². The third kappa shape index (κ3) is 6.60. The number of hydrogen-bond donors (Lipinski definition) is 2. The van der Waals surface area contributed by atoms with Crippen molar-refractivity contribution in [3.63, 3.8) is 0 Å². The van der Waals surface area contributed by atoms with Gasteiger partial charge in [-0.25, -0.2) is 8.42 Å². The Morgan fingerprint density at radius 1 is 1.22 bits per heavy atom. The zero-order chi connectivity index (χ0) is 17.5. The first-order chi connectivity index (χ1) is 10.7. The fraction of sp³-hybridized carbons (Fsp3) is 0.588. The highest BCUT2D eigenvalue weighted by Crippen LogP contribution is 2.23. The summed E-state index contributed by atoms with van der Waals surface area (Å²) < 4.78 is 24.6. The molecule has 0 aliphatic heterocycles. The number of hydrogen-bond acceptors (Lipinski definition) is 3. The average molecular weight is 340 g/mol. The lowest BCUT2D eigenvalue weighted by Crippen LogP contribution is -2.35. The Morgan fingerprint density at radius 3 is 2.35 bits per heavy atom. The molecule has 5 nitrogen and oxygen atoms in total. The molecule has 0 spiro atoms. The zero-order valence-corrected chi connectivity index (χ0v) is 15.4. The van der Waals surface area contributed by atoms with E-state index in [-0.39, 0.29) is 17.7 Å². The molecule has 3 N–H and O–H groups in total. The molecule has 0 radical (unpaired) electrons. The third-order valence-corrected chi connectivity index (χ3v) is 5.28. The molecule has 0 unspecified atom stereocenters. The molecule has 1 rings (SSSR count). The van der Waals surface area contributed by atoms with Gasteiger partial charge in [0, 0.05) is 13.1 Å². The molecule has 0 aliphatic carbocycles. The van der Waals surface area contributed by atoms with Crippen LogP contribution in [0.4, 0.5) is 0 Å². The van der Waals surface area contributed by atoms with E-state index < -0.39 is 9.84 Å². The van der Waals surface area contributed by atoms with E-state index in [1.54, 1.807) is 12.1 Å². The van der Waals surface area contributed by atoms with Crippen molar-refractivity contribution >= 4 is 15.8 Å². The third-order valence-electron chi connectivity index (χ3n) is 3.55. The molecular formula is C17H29N3O2S. The number of guanidine groups is 1. The standard InChI is InChI=1S/C17H29N3O2S/c1-5-6-11-19-16(18)20-12-13-23(21,22)15-9-7-14(8-10-15)17(2,3)4/h7-10H,5-6,11-13H2,1-4H3,(H3,18,19,20). The summed E-state index contributed by atoms with van der Waals surface area (Å²) in [5, 5.41) is 2.85. The molecule has 0 aromatic heterocycles. The van der Waals surface area contributed by atoms with Crippen molar-refractivity contribution in [1.29, 1.82) is 0 Å². The maximum atomic E-state index is 12.3. The van der Waals surface area contributed by atoms with E-state index in [4.69, 9.17) is 5.73 Å². The molecule has 1 aromatic rings. The highest BCUT2D eigenvalue weighted by molar-refractivity contribution is 7.91. The lowest BCUT2D eigenvalue weighted by atomic mass is 9.87. The van der Waals surface area contributed by atoms with E-state index in [9.17, 15) is 8.42 Å². The number of rotatable bonds is 7. The van der Waals surface area contributed by atoms with E-state index in [1.165, 1.54) is 0 Å². The molecule has 23 heavy (non-hydrogen) atoms. The number of sulfone groups is 1. The highest BCUT2D eigenvalue weighted by atomic mass is 32.2. The molecule has 0 amide bonds. The quantitative estimate of drug-likeness (QED) is 0.454. The summed E-state index contributed by atoms with van der Waals surface area (Å²) in [6.45, 7) is 9.29. The van der Waals surface area contributed by atoms with Gasteiger partial charge in [-0.15, -0.1) is 0 Å². The van der Waals surface area contributed by atoms with Crippen LogP contribution < -0.4 is 11.1 Å². The van der Waals surface area contributed by atoms with Gasteiger partial charge < -0.3 is 11.1 Å². The second-order valence-corrected chi connectivity index (χ2v) is 8.75. The molecule has 0 bridgehead atoms. The molecule has 0 saturated heterocycles. The van der Waals surface area contributed by atoms with Gasteiger partial charge in [0.25, 0.3) is 0 Å². The zero-order valence-electron chi connectivity index (χ0n) is 14.6. The first-order valence-electron chi connectivity index (χ1n) is 8.04. The van der Waals surface area contributed by atoms with Crippen LogP contribution in [0, 0.1) is 0 Å². The molecular weight excluding hydrogens is 310 g/mol. The molecule has 0 fully saturated rings. The SMILES string of the molecule is CCCCN=C(N)NCCS(=O)(=O)c1ccc(C(C)(C)C)cc1. The van der Waals surface area contributed by atoms with Crippen LogP contribution in [0.2, 0.25) is 0 Å². The van der Waals surface area contributed by atoms with E-state index in [0.29, 0.717) is 17.4 Å². The average Bonchev–Trinajstić information content (AvgIpc) is 2.46. The van der Waals surface area contributed by atoms with Crippen LogP contribution in [0.5, 0.6) is 0 Å². The molecule has 130 valence electrons. The van der Waals surface area contributed by atoms with Gasteiger partial charge in [0.2, 0.25) is 0 Å². The Bertz CT molecular complexity index is 614. The van der Waals surface area contributed by atoms with Gasteiger partial charge in [0.1, 0.15) is 0 Å². The van der Waals surface area contributed by atoms with E-state index in [2.05, 4.69) is 38.0 Å². The van der Waals surface area contributed by atoms with Crippen LogP contribution in [-0.2, 0) is 15.3 Å². The monoisotopic (exact) mass is 339 g/mol. The van der Waals surface area contributed by atoms with Crippen LogP contribution in [0.25, 0.3) is 0 Å². The van der Waals surface area contributed by atoms with Crippen molar-refractivity contribution in [1.82, 2.24) is 5.32 Å². The number of aliphatic imine (C=N–C) groups is 1. The maximum Gasteiger partial charge on any atom is 0.188 e. The minimum absolute atomic E-state index is 0.00719. The number of benzene rings is 1. The summed E-state index contributed by atoms with van der Waals surface area (Å²) in [5.41, 5.74) is 6.81. The van der Waals surface area contributed by atoms with Crippen LogP contribution in [0.15, 0.2) is 34.2 Å². The minimum Gasteiger partial charge on any atom is -0.370 e. The van der Waals surface area contributed by atoms with Crippen LogP contribution in [0.3, 0.4) is 0 Å². The Balaban J connectivity index is 2.61. The van der Waals surface area contributed by atoms with Crippen molar-refractivity contribution in [2.45, 2.75) is 50.8 Å². The minimum atomic E-state index is -3.32. The summed E-state index contributed by atoms with van der Waals surface area (Å²) in [7, 11) is -3.32. The fourth-order valence-electron chi connectivity index (χ4n) is 2.01. The van der Waals surface area contributed by atoms with Gasteiger partial charge in [0.05, 0.1) is 10.6 Å². The summed E-state index contributed by atoms with van der Waals surface area (Å²) >= 11 is 0. The van der Waals surface area contributed by atoms with Crippen molar-refractivity contribution in [2.24, 2.45) is 10.7 Å². The van der Waals surface area contributed by atoms with Gasteiger partial charge in [-0.2, -0.15) is 0 Å². The van der Waals surface area contributed by atoms with E-state index >= 15 is 0 Å². The predicted octanol–water partition coefficient (Wildman–Crippen LogP) is 2.46. The fourth-order valence-corrected chi connectivity index (χ4v) is 3.16. The highest BCUT2D eigenvalue weighted by Gasteiger charge is 2.17. The summed E-state index contributed by atoms with van der Waals surface area (Å²) in [6, 6.07) is 7.10. The van der Waals surface area contributed by atoms with Crippen LogP contribution in [-0.4, -0.2) is 33.2 Å². The Hall–Kier alpha value is -1.56. The van der Waals surface area contributed by atoms with Crippen LogP contribution in [0.1, 0.15) is 46.1 Å². The molecule has 1 aromatic carbocycles. The van der Waals surface area contributed by atoms with E-state index in [1.807, 2.05) is 12.1 Å². The normalized spacial score (nSPS) is 13.1. The van der Waals surface area contributed by atoms with E-state index in [0.717, 1.165) is 18.4 Å². The Morgan fingerprint density at radius 2 is 1.83 bits per heavy atom. The Labute approximate surface area is 140 Å². The lowest BCUT2D eigenvalue weighted by Gasteiger charge is -2.19. The van der Waals surface area contributed by atoms with Gasteiger partial charge >= 0.3 is 0 Å². The predicted molar refractivity (Wildman–Crippen MR) is 96.6 cm³/mol. The number of unbranched alkanes of at least 4 members (excludes halogenated alkanes) is 1. The van der Waals surface area contributed by atoms with Crippen molar-refractivity contribution in [2.75, 3.05) is 18.8 Å². The largest absolute Gasteiger partial charge is 0.370 e. The smallest absolute Gasteiger partial charge is 0.188 e. The lowest BCUT2D eigenvalue weighted by molar-refractivity contribution is 0.586. The second kappa shape index (κ2) is 8.34. The Kier molecular flexibility index (Phi) is 7.06. The summed E-state index contributed by atoms with van der Waals surface area (Å²) in [6.07, 6.45) is 2.02. The maximum absolute atomic E-state index is 12.3. The summed E-state index contributed by atoms with van der Waals surface area (Å²) in [5.74, 6) is 0.294. The first kappa shape index (κ1) is 19.5. The van der Waals surface area contributed by atoms with Crippen LogP contribution >= 0.6 is 0 Å². The molecule has 0 heterocycles. The topological polar surface area (TPSA) is 84.5 Å².